The average Bonchev–Trinajstić information content (AvgIpc) is 3.37. The van der Waals surface area contributed by atoms with Gasteiger partial charge in [-0.3, -0.25) is 9.69 Å². The van der Waals surface area contributed by atoms with E-state index in [1.807, 2.05) is 30.5 Å². The number of rotatable bonds is 7. The first-order valence-corrected chi connectivity index (χ1v) is 11.2. The Balaban J connectivity index is 1.10. The van der Waals surface area contributed by atoms with Crippen LogP contribution in [0.3, 0.4) is 0 Å². The van der Waals surface area contributed by atoms with Crippen molar-refractivity contribution in [2.45, 2.75) is 25.7 Å². The number of fused-ring (bicyclic) bond motifs is 2. The molecule has 0 spiro atoms. The van der Waals surface area contributed by atoms with Crippen molar-refractivity contribution in [2.24, 2.45) is 5.92 Å². The summed E-state index contributed by atoms with van der Waals surface area (Å²) in [5, 5.41) is 4.34. The fourth-order valence-corrected chi connectivity index (χ4v) is 4.77. The lowest BCUT2D eigenvalue weighted by atomic mass is 9.94. The minimum Gasteiger partial charge on any atom is -0.361 e. The van der Waals surface area contributed by atoms with Gasteiger partial charge in [0.15, 0.2) is 0 Å². The van der Waals surface area contributed by atoms with Crippen LogP contribution in [-0.4, -0.2) is 51.9 Å². The first-order valence-electron chi connectivity index (χ1n) is 11.2. The summed E-state index contributed by atoms with van der Waals surface area (Å²) >= 11 is 0. The van der Waals surface area contributed by atoms with Crippen molar-refractivity contribution in [3.8, 4) is 0 Å². The molecule has 1 fully saturated rings. The lowest BCUT2D eigenvalue weighted by Gasteiger charge is -2.31. The third-order valence-corrected chi connectivity index (χ3v) is 6.28. The lowest BCUT2D eigenvalue weighted by molar-refractivity contribution is -0.122. The number of H-pyrrole nitrogens is 2. The van der Waals surface area contributed by atoms with Gasteiger partial charge in [0.25, 0.3) is 0 Å². The molecule has 0 aliphatic carbocycles. The van der Waals surface area contributed by atoms with Crippen molar-refractivity contribution >= 4 is 27.8 Å². The van der Waals surface area contributed by atoms with Gasteiger partial charge in [-0.15, -0.1) is 0 Å². The van der Waals surface area contributed by atoms with Crippen molar-refractivity contribution in [1.82, 2.24) is 25.2 Å². The summed E-state index contributed by atoms with van der Waals surface area (Å²) in [7, 11) is 0. The van der Waals surface area contributed by atoms with Crippen molar-refractivity contribution in [3.05, 3.63) is 66.1 Å². The molecule has 2 aromatic heterocycles. The van der Waals surface area contributed by atoms with Gasteiger partial charge in [0, 0.05) is 36.6 Å². The molecule has 1 saturated heterocycles. The highest BCUT2D eigenvalue weighted by atomic mass is 16.2. The van der Waals surface area contributed by atoms with Gasteiger partial charge < -0.3 is 15.3 Å². The number of nitrogens with zero attached hydrogens (tertiary/aromatic N) is 2. The third kappa shape index (κ3) is 4.64. The van der Waals surface area contributed by atoms with Crippen LogP contribution in [0.2, 0.25) is 0 Å². The second-order valence-electron chi connectivity index (χ2n) is 8.61. The van der Waals surface area contributed by atoms with Crippen LogP contribution in [0.4, 0.5) is 0 Å². The van der Waals surface area contributed by atoms with E-state index in [4.69, 9.17) is 4.98 Å². The Labute approximate surface area is 182 Å². The van der Waals surface area contributed by atoms with Gasteiger partial charge >= 0.3 is 0 Å². The van der Waals surface area contributed by atoms with Gasteiger partial charge in [-0.05, 0) is 55.5 Å². The first-order chi connectivity index (χ1) is 15.2. The van der Waals surface area contributed by atoms with E-state index in [2.05, 4.69) is 44.5 Å². The highest BCUT2D eigenvalue weighted by Gasteiger charge is 2.22. The number of amides is 1. The number of para-hydroxylation sites is 3. The highest BCUT2D eigenvalue weighted by molar-refractivity contribution is 5.83. The van der Waals surface area contributed by atoms with Crippen molar-refractivity contribution < 1.29 is 4.79 Å². The van der Waals surface area contributed by atoms with Gasteiger partial charge in [0.2, 0.25) is 5.91 Å². The fraction of sp³-hybridized carbons (Fsp3) is 0.360. The standard InChI is InChI=1S/C25H29N5O/c31-25(26-12-11-19-15-27-21-8-2-1-7-20(19)21)17-30-13-5-6-18(16-30)14-24-28-22-9-3-4-10-23(22)29-24/h1-4,7-10,15,18,27H,5-6,11-14,16-17H2,(H,26,31)(H,28,29). The molecule has 1 amide bonds. The number of likely N-dealkylation sites (tertiary alicyclic amines) is 1. The molecule has 1 unspecified atom stereocenters. The van der Waals surface area contributed by atoms with Crippen molar-refractivity contribution in [1.29, 1.82) is 0 Å². The van der Waals surface area contributed by atoms with Crippen LogP contribution in [0.15, 0.2) is 54.7 Å². The fourth-order valence-electron chi connectivity index (χ4n) is 4.77. The molecule has 1 atom stereocenters. The lowest BCUT2D eigenvalue weighted by Crippen LogP contribution is -2.43. The van der Waals surface area contributed by atoms with Gasteiger partial charge in [-0.2, -0.15) is 0 Å². The molecule has 6 heteroatoms. The third-order valence-electron chi connectivity index (χ3n) is 6.28. The number of aromatic amines is 2. The number of piperidine rings is 1. The Morgan fingerprint density at radius 3 is 2.87 bits per heavy atom. The summed E-state index contributed by atoms with van der Waals surface area (Å²) in [6.07, 6.45) is 6.14. The molecule has 2 aromatic carbocycles. The first kappa shape index (κ1) is 19.8. The number of hydrogen-bond acceptors (Lipinski definition) is 3. The summed E-state index contributed by atoms with van der Waals surface area (Å²) in [6, 6.07) is 16.5. The predicted molar refractivity (Wildman–Crippen MR) is 124 cm³/mol. The van der Waals surface area contributed by atoms with E-state index in [9.17, 15) is 4.79 Å². The molecule has 0 bridgehead atoms. The molecule has 4 aromatic rings. The van der Waals surface area contributed by atoms with Crippen LogP contribution in [0.25, 0.3) is 21.9 Å². The number of hydrogen-bond donors (Lipinski definition) is 3. The van der Waals surface area contributed by atoms with Gasteiger partial charge in [-0.1, -0.05) is 30.3 Å². The van der Waals surface area contributed by atoms with Crippen LogP contribution >= 0.6 is 0 Å². The zero-order chi connectivity index (χ0) is 21.0. The zero-order valence-corrected chi connectivity index (χ0v) is 17.7. The van der Waals surface area contributed by atoms with Crippen LogP contribution in [0.5, 0.6) is 0 Å². The predicted octanol–water partition coefficient (Wildman–Crippen LogP) is 3.66. The van der Waals surface area contributed by atoms with Crippen molar-refractivity contribution in [2.75, 3.05) is 26.2 Å². The van der Waals surface area contributed by atoms with Crippen LogP contribution in [-0.2, 0) is 17.6 Å². The molecule has 1 aliphatic heterocycles. The van der Waals surface area contributed by atoms with Gasteiger partial charge in [-0.25, -0.2) is 4.98 Å². The molecule has 160 valence electrons. The summed E-state index contributed by atoms with van der Waals surface area (Å²) in [4.78, 5) is 26.3. The number of carbonyl (C=O) groups is 1. The Bertz CT molecular complexity index is 1140. The smallest absolute Gasteiger partial charge is 0.234 e. The van der Waals surface area contributed by atoms with Crippen molar-refractivity contribution in [3.63, 3.8) is 0 Å². The molecular weight excluding hydrogens is 386 g/mol. The molecule has 0 saturated carbocycles. The van der Waals surface area contributed by atoms with E-state index < -0.39 is 0 Å². The normalized spacial score (nSPS) is 17.4. The van der Waals surface area contributed by atoms with Gasteiger partial charge in [0.05, 0.1) is 17.6 Å². The molecular formula is C25H29N5O. The number of aromatic nitrogens is 3. The Kier molecular flexibility index (Phi) is 5.71. The van der Waals surface area contributed by atoms with E-state index in [1.54, 1.807) is 0 Å². The maximum atomic E-state index is 12.5. The van der Waals surface area contributed by atoms with E-state index in [1.165, 1.54) is 17.4 Å². The van der Waals surface area contributed by atoms with E-state index in [-0.39, 0.29) is 5.91 Å². The quantitative estimate of drug-likeness (QED) is 0.431. The summed E-state index contributed by atoms with van der Waals surface area (Å²) in [5.74, 6) is 1.70. The Morgan fingerprint density at radius 2 is 1.97 bits per heavy atom. The van der Waals surface area contributed by atoms with E-state index in [0.717, 1.165) is 54.7 Å². The van der Waals surface area contributed by atoms with Crippen LogP contribution in [0, 0.1) is 5.92 Å². The molecule has 3 heterocycles. The number of benzene rings is 2. The monoisotopic (exact) mass is 415 g/mol. The van der Waals surface area contributed by atoms with Crippen LogP contribution in [0.1, 0.15) is 24.2 Å². The molecule has 0 radical (unpaired) electrons. The second kappa shape index (κ2) is 8.94. The average molecular weight is 416 g/mol. The van der Waals surface area contributed by atoms with Crippen LogP contribution < -0.4 is 5.32 Å². The maximum Gasteiger partial charge on any atom is 0.234 e. The molecule has 5 rings (SSSR count). The minimum absolute atomic E-state index is 0.115. The van der Waals surface area contributed by atoms with E-state index in [0.29, 0.717) is 19.0 Å². The molecule has 3 N–H and O–H groups in total. The second-order valence-corrected chi connectivity index (χ2v) is 8.61. The molecule has 31 heavy (non-hydrogen) atoms. The summed E-state index contributed by atoms with van der Waals surface area (Å²) in [5.41, 5.74) is 4.52. The SMILES string of the molecule is O=C(CN1CCCC(Cc2nc3ccccc3[nH]2)C1)NCCc1c[nH]c2ccccc12. The zero-order valence-electron chi connectivity index (χ0n) is 17.7. The molecule has 1 aliphatic rings. The van der Waals surface area contributed by atoms with E-state index >= 15 is 0 Å². The Hall–Kier alpha value is -3.12. The summed E-state index contributed by atoms with van der Waals surface area (Å²) < 4.78 is 0. The topological polar surface area (TPSA) is 76.8 Å². The number of imidazole rings is 1. The Morgan fingerprint density at radius 1 is 1.13 bits per heavy atom. The summed E-state index contributed by atoms with van der Waals surface area (Å²) in [6.45, 7) is 3.08. The number of carbonyl (C=O) groups excluding carboxylic acids is 1. The number of nitrogens with one attached hydrogen (secondary N) is 3. The maximum absolute atomic E-state index is 12.5. The highest BCUT2D eigenvalue weighted by Crippen LogP contribution is 2.21. The van der Waals surface area contributed by atoms with Gasteiger partial charge in [0.1, 0.15) is 5.82 Å². The largest absolute Gasteiger partial charge is 0.361 e. The molecule has 6 nitrogen and oxygen atoms in total. The minimum atomic E-state index is 0.115.